The van der Waals surface area contributed by atoms with Crippen LogP contribution in [0.1, 0.15) is 17.3 Å². The van der Waals surface area contributed by atoms with Gasteiger partial charge in [0.25, 0.3) is 0 Å². The number of hydrogen-bond acceptors (Lipinski definition) is 1. The minimum Gasteiger partial charge on any atom is -0.478 e. The van der Waals surface area contributed by atoms with Crippen LogP contribution in [0.15, 0.2) is 24.3 Å². The Labute approximate surface area is 84.2 Å². The first kappa shape index (κ1) is 10.4. The van der Waals surface area contributed by atoms with Crippen LogP contribution in [0.5, 0.6) is 0 Å². The second-order valence-electron chi connectivity index (χ2n) is 2.73. The third-order valence-corrected chi connectivity index (χ3v) is 1.79. The van der Waals surface area contributed by atoms with Gasteiger partial charge in [0.05, 0.1) is 5.56 Å². The number of carbonyl (C=O) groups is 1. The summed E-state index contributed by atoms with van der Waals surface area (Å²) in [5, 5.41) is 8.87. The van der Waals surface area contributed by atoms with Gasteiger partial charge < -0.3 is 5.11 Å². The molecule has 1 aromatic rings. The van der Waals surface area contributed by atoms with Crippen molar-refractivity contribution in [2.24, 2.45) is 0 Å². The van der Waals surface area contributed by atoms with Crippen LogP contribution < -0.4 is 5.46 Å². The quantitative estimate of drug-likeness (QED) is 0.566. The van der Waals surface area contributed by atoms with Crippen molar-refractivity contribution in [2.45, 2.75) is 13.2 Å². The molecule has 0 aliphatic heterocycles. The average Bonchev–Trinajstić information content (AvgIpc) is 2.19. The number of rotatable bonds is 3. The lowest BCUT2D eigenvalue weighted by Gasteiger charge is -2.01. The van der Waals surface area contributed by atoms with Crippen LogP contribution in [-0.2, 0) is 0 Å². The standard InChI is InChI=1S/C11H10BO2/c1-2-3-8-12-10-7-5-4-6-9(10)11(13)14/h4-7H,8H2,1H3,(H,13,14). The highest BCUT2D eigenvalue weighted by atomic mass is 16.4. The van der Waals surface area contributed by atoms with E-state index in [9.17, 15) is 4.79 Å². The highest BCUT2D eigenvalue weighted by Crippen LogP contribution is 1.96. The summed E-state index contributed by atoms with van der Waals surface area (Å²) in [5.41, 5.74) is 1.05. The normalized spacial score (nSPS) is 8.64. The van der Waals surface area contributed by atoms with Gasteiger partial charge >= 0.3 is 5.97 Å². The molecule has 0 aliphatic carbocycles. The predicted octanol–water partition coefficient (Wildman–Crippen LogP) is 1.16. The first-order valence-corrected chi connectivity index (χ1v) is 4.31. The molecule has 1 rings (SSSR count). The second kappa shape index (κ2) is 5.13. The Morgan fingerprint density at radius 2 is 2.21 bits per heavy atom. The zero-order valence-corrected chi connectivity index (χ0v) is 7.95. The van der Waals surface area contributed by atoms with E-state index in [0.717, 1.165) is 5.46 Å². The largest absolute Gasteiger partial charge is 0.478 e. The molecule has 3 heteroatoms. The third kappa shape index (κ3) is 2.67. The zero-order chi connectivity index (χ0) is 10.4. The van der Waals surface area contributed by atoms with Crippen LogP contribution in [0, 0.1) is 11.8 Å². The Balaban J connectivity index is 2.83. The highest BCUT2D eigenvalue weighted by Gasteiger charge is 2.07. The van der Waals surface area contributed by atoms with Gasteiger partial charge in [-0.05, 0) is 19.3 Å². The van der Waals surface area contributed by atoms with E-state index in [0.29, 0.717) is 11.9 Å². The number of carboxylic acids is 1. The number of carboxylic acid groups (broad SMARTS) is 1. The molecule has 0 aliphatic rings. The molecule has 1 aromatic carbocycles. The Morgan fingerprint density at radius 1 is 1.50 bits per heavy atom. The van der Waals surface area contributed by atoms with Crippen LogP contribution in [0.2, 0.25) is 6.32 Å². The molecule has 0 saturated heterocycles. The molecule has 0 bridgehead atoms. The van der Waals surface area contributed by atoms with E-state index >= 15 is 0 Å². The van der Waals surface area contributed by atoms with Crippen LogP contribution in [0.3, 0.4) is 0 Å². The topological polar surface area (TPSA) is 37.3 Å². The lowest BCUT2D eigenvalue weighted by Crippen LogP contribution is -2.21. The van der Waals surface area contributed by atoms with Crippen molar-refractivity contribution >= 4 is 18.7 Å². The van der Waals surface area contributed by atoms with Gasteiger partial charge in [-0.3, -0.25) is 0 Å². The first-order valence-electron chi connectivity index (χ1n) is 4.31. The van der Waals surface area contributed by atoms with Gasteiger partial charge in [-0.15, -0.1) is 11.8 Å². The molecule has 0 amide bonds. The summed E-state index contributed by atoms with van der Waals surface area (Å²) in [7, 11) is 1.82. The van der Waals surface area contributed by atoms with E-state index in [-0.39, 0.29) is 0 Å². The second-order valence-corrected chi connectivity index (χ2v) is 2.73. The van der Waals surface area contributed by atoms with Crippen molar-refractivity contribution in [1.82, 2.24) is 0 Å². The minimum absolute atomic E-state index is 0.324. The van der Waals surface area contributed by atoms with E-state index in [2.05, 4.69) is 11.8 Å². The van der Waals surface area contributed by atoms with Gasteiger partial charge in [-0.1, -0.05) is 23.7 Å². The maximum atomic E-state index is 10.8. The van der Waals surface area contributed by atoms with Gasteiger partial charge in [0.1, 0.15) is 0 Å². The molecule has 0 saturated carbocycles. The van der Waals surface area contributed by atoms with Crippen LogP contribution in [0.25, 0.3) is 0 Å². The maximum absolute atomic E-state index is 10.8. The predicted molar refractivity (Wildman–Crippen MR) is 57.0 cm³/mol. The molecule has 0 atom stereocenters. The van der Waals surface area contributed by atoms with Crippen molar-refractivity contribution in [2.75, 3.05) is 0 Å². The molecule has 69 valence electrons. The van der Waals surface area contributed by atoms with E-state index in [1.165, 1.54) is 0 Å². The molecule has 0 aromatic heterocycles. The summed E-state index contributed by atoms with van der Waals surface area (Å²) in [6.07, 6.45) is 0.584. The van der Waals surface area contributed by atoms with E-state index in [1.807, 2.05) is 13.3 Å². The molecular weight excluding hydrogens is 175 g/mol. The number of aromatic carboxylic acids is 1. The van der Waals surface area contributed by atoms with Crippen molar-refractivity contribution in [3.8, 4) is 11.8 Å². The van der Waals surface area contributed by atoms with Gasteiger partial charge in [-0.25, -0.2) is 4.79 Å². The summed E-state index contributed by atoms with van der Waals surface area (Å²) in [6.45, 7) is 1.76. The van der Waals surface area contributed by atoms with Gasteiger partial charge in [0.2, 0.25) is 0 Å². The summed E-state index contributed by atoms with van der Waals surface area (Å²) in [6, 6.07) is 6.90. The average molecular weight is 185 g/mol. The maximum Gasteiger partial charge on any atom is 0.335 e. The van der Waals surface area contributed by atoms with Crippen LogP contribution >= 0.6 is 0 Å². The fraction of sp³-hybridized carbons (Fsp3) is 0.182. The third-order valence-electron chi connectivity index (χ3n) is 1.79. The van der Waals surface area contributed by atoms with Gasteiger partial charge in [-0.2, -0.15) is 0 Å². The van der Waals surface area contributed by atoms with Gasteiger partial charge in [0, 0.05) is 0 Å². The lowest BCUT2D eigenvalue weighted by atomic mass is 9.65. The molecule has 0 unspecified atom stereocenters. The lowest BCUT2D eigenvalue weighted by molar-refractivity contribution is 0.0698. The van der Waals surface area contributed by atoms with E-state index in [4.69, 9.17) is 5.11 Å². The molecule has 2 nitrogen and oxygen atoms in total. The molecule has 0 spiro atoms. The summed E-state index contributed by atoms with van der Waals surface area (Å²) < 4.78 is 0. The Kier molecular flexibility index (Phi) is 3.81. The van der Waals surface area contributed by atoms with Crippen molar-refractivity contribution in [3.63, 3.8) is 0 Å². The zero-order valence-electron chi connectivity index (χ0n) is 7.95. The van der Waals surface area contributed by atoms with Crippen LogP contribution in [0.4, 0.5) is 0 Å². The highest BCUT2D eigenvalue weighted by molar-refractivity contribution is 6.56. The van der Waals surface area contributed by atoms with E-state index in [1.54, 1.807) is 25.1 Å². The molecule has 0 heterocycles. The van der Waals surface area contributed by atoms with Crippen LogP contribution in [-0.4, -0.2) is 18.4 Å². The Hall–Kier alpha value is -1.69. The Morgan fingerprint density at radius 3 is 2.86 bits per heavy atom. The fourth-order valence-electron chi connectivity index (χ4n) is 1.13. The fourth-order valence-corrected chi connectivity index (χ4v) is 1.13. The minimum atomic E-state index is -0.902. The SMILES string of the molecule is CC#CC[B]c1ccccc1C(=O)O. The van der Waals surface area contributed by atoms with Crippen molar-refractivity contribution in [1.29, 1.82) is 0 Å². The molecular formula is C11H10BO2. The summed E-state index contributed by atoms with van der Waals surface area (Å²) in [4.78, 5) is 10.8. The number of benzene rings is 1. The summed E-state index contributed by atoms with van der Waals surface area (Å²) >= 11 is 0. The first-order chi connectivity index (χ1) is 6.75. The van der Waals surface area contributed by atoms with Crippen molar-refractivity contribution in [3.05, 3.63) is 29.8 Å². The molecule has 1 radical (unpaired) electrons. The van der Waals surface area contributed by atoms with E-state index < -0.39 is 5.97 Å². The smallest absolute Gasteiger partial charge is 0.335 e. The van der Waals surface area contributed by atoms with Crippen molar-refractivity contribution < 1.29 is 9.90 Å². The monoisotopic (exact) mass is 185 g/mol. The molecule has 14 heavy (non-hydrogen) atoms. The summed E-state index contributed by atoms with van der Waals surface area (Å²) in [5.74, 6) is 4.72. The molecule has 0 fully saturated rings. The number of hydrogen-bond donors (Lipinski definition) is 1. The Bertz CT molecular complexity index is 388. The van der Waals surface area contributed by atoms with Gasteiger partial charge in [0.15, 0.2) is 7.28 Å². The molecule has 1 N–H and O–H groups in total.